The number of halogens is 2. The average molecular weight is 573 g/mol. The van der Waals surface area contributed by atoms with Crippen LogP contribution in [0.5, 0.6) is 0 Å². The SMILES string of the molecule is O=C(/C=C/c1ccccc1)NC(=S)Nc1c(Br)cc(Br)cc1-c1nc2ccccc2s1. The van der Waals surface area contributed by atoms with Gasteiger partial charge in [-0.3, -0.25) is 10.1 Å². The maximum absolute atomic E-state index is 12.3. The van der Waals surface area contributed by atoms with Gasteiger partial charge in [-0.25, -0.2) is 4.98 Å². The highest BCUT2D eigenvalue weighted by Gasteiger charge is 2.16. The lowest BCUT2D eigenvalue weighted by atomic mass is 10.2. The molecule has 1 heterocycles. The number of nitrogens with one attached hydrogen (secondary N) is 2. The Labute approximate surface area is 205 Å². The molecule has 2 N–H and O–H groups in total. The van der Waals surface area contributed by atoms with Crippen molar-refractivity contribution in [2.24, 2.45) is 0 Å². The van der Waals surface area contributed by atoms with E-state index in [1.807, 2.05) is 66.7 Å². The number of carbonyl (C=O) groups excluding carboxylic acids is 1. The molecule has 4 nitrogen and oxygen atoms in total. The summed E-state index contributed by atoms with van der Waals surface area (Å²) in [6, 6.07) is 21.5. The van der Waals surface area contributed by atoms with Crippen molar-refractivity contribution in [1.82, 2.24) is 10.3 Å². The zero-order chi connectivity index (χ0) is 21.8. The molecule has 0 radical (unpaired) electrons. The molecule has 0 bridgehead atoms. The van der Waals surface area contributed by atoms with E-state index < -0.39 is 0 Å². The van der Waals surface area contributed by atoms with Crippen LogP contribution in [0, 0.1) is 0 Å². The Kier molecular flexibility index (Phi) is 6.92. The van der Waals surface area contributed by atoms with Gasteiger partial charge in [0, 0.05) is 20.6 Å². The molecule has 0 fully saturated rings. The highest BCUT2D eigenvalue weighted by molar-refractivity contribution is 9.11. The van der Waals surface area contributed by atoms with E-state index in [0.717, 1.165) is 41.0 Å². The number of aromatic nitrogens is 1. The number of fused-ring (bicyclic) bond motifs is 1. The largest absolute Gasteiger partial charge is 0.331 e. The third-order valence-electron chi connectivity index (χ3n) is 4.28. The standard InChI is InChI=1S/C23H15Br2N3OS2/c24-15-12-16(22-26-18-8-4-5-9-19(18)31-22)21(17(25)13-15)28-23(30)27-20(29)11-10-14-6-2-1-3-7-14/h1-13H,(H2,27,28,29,30)/b11-10+. The molecular weight excluding hydrogens is 558 g/mol. The first-order chi connectivity index (χ1) is 15.0. The van der Waals surface area contributed by atoms with E-state index >= 15 is 0 Å². The van der Waals surface area contributed by atoms with Gasteiger partial charge >= 0.3 is 0 Å². The number of carbonyl (C=O) groups is 1. The Morgan fingerprint density at radius 3 is 2.55 bits per heavy atom. The summed E-state index contributed by atoms with van der Waals surface area (Å²) in [4.78, 5) is 17.0. The van der Waals surface area contributed by atoms with E-state index in [1.54, 1.807) is 17.4 Å². The summed E-state index contributed by atoms with van der Waals surface area (Å²) >= 11 is 14.1. The van der Waals surface area contributed by atoms with Crippen molar-refractivity contribution < 1.29 is 4.79 Å². The molecule has 0 spiro atoms. The number of amides is 1. The average Bonchev–Trinajstić information content (AvgIpc) is 3.19. The number of rotatable bonds is 4. The molecule has 0 saturated carbocycles. The van der Waals surface area contributed by atoms with E-state index in [0.29, 0.717) is 0 Å². The molecule has 154 valence electrons. The summed E-state index contributed by atoms with van der Waals surface area (Å²) in [6.07, 6.45) is 3.19. The van der Waals surface area contributed by atoms with Gasteiger partial charge in [0.1, 0.15) is 5.01 Å². The lowest BCUT2D eigenvalue weighted by Crippen LogP contribution is -2.33. The second-order valence-corrected chi connectivity index (χ2v) is 9.69. The number of hydrogen-bond donors (Lipinski definition) is 2. The van der Waals surface area contributed by atoms with Gasteiger partial charge < -0.3 is 5.32 Å². The van der Waals surface area contributed by atoms with Crippen molar-refractivity contribution >= 4 is 88.4 Å². The monoisotopic (exact) mass is 571 g/mol. The van der Waals surface area contributed by atoms with Crippen molar-refractivity contribution in [2.75, 3.05) is 5.32 Å². The predicted molar refractivity (Wildman–Crippen MR) is 140 cm³/mol. The van der Waals surface area contributed by atoms with Crippen LogP contribution in [0.25, 0.3) is 26.9 Å². The van der Waals surface area contributed by atoms with Crippen LogP contribution >= 0.6 is 55.4 Å². The minimum absolute atomic E-state index is 0.202. The van der Waals surface area contributed by atoms with E-state index in [2.05, 4.69) is 42.5 Å². The van der Waals surface area contributed by atoms with Crippen LogP contribution in [-0.2, 0) is 4.79 Å². The molecule has 0 saturated heterocycles. The van der Waals surface area contributed by atoms with Gasteiger partial charge in [0.05, 0.1) is 15.9 Å². The summed E-state index contributed by atoms with van der Waals surface area (Å²) in [6.45, 7) is 0. The van der Waals surface area contributed by atoms with Gasteiger partial charge in [0.25, 0.3) is 0 Å². The van der Waals surface area contributed by atoms with Crippen LogP contribution in [0.2, 0.25) is 0 Å². The molecule has 0 aliphatic carbocycles. The smallest absolute Gasteiger partial charge is 0.250 e. The van der Waals surface area contributed by atoms with Gasteiger partial charge in [-0.15, -0.1) is 11.3 Å². The predicted octanol–water partition coefficient (Wildman–Crippen LogP) is 7.01. The van der Waals surface area contributed by atoms with Crippen LogP contribution in [0.1, 0.15) is 5.56 Å². The molecule has 0 aliphatic heterocycles. The first-order valence-corrected chi connectivity index (χ1v) is 12.0. The van der Waals surface area contributed by atoms with Crippen LogP contribution in [0.15, 0.2) is 81.8 Å². The van der Waals surface area contributed by atoms with Crippen molar-refractivity contribution in [3.05, 3.63) is 87.3 Å². The molecule has 0 unspecified atom stereocenters. The van der Waals surface area contributed by atoms with E-state index in [9.17, 15) is 4.79 Å². The van der Waals surface area contributed by atoms with E-state index in [-0.39, 0.29) is 11.0 Å². The van der Waals surface area contributed by atoms with Gasteiger partial charge in [0.15, 0.2) is 5.11 Å². The summed E-state index contributed by atoms with van der Waals surface area (Å²) in [7, 11) is 0. The van der Waals surface area contributed by atoms with Gasteiger partial charge in [-0.05, 0) is 64.1 Å². The Morgan fingerprint density at radius 1 is 1.03 bits per heavy atom. The van der Waals surface area contributed by atoms with Crippen LogP contribution in [-0.4, -0.2) is 16.0 Å². The lowest BCUT2D eigenvalue weighted by Gasteiger charge is -2.14. The minimum atomic E-state index is -0.309. The number of benzene rings is 3. The van der Waals surface area contributed by atoms with Crippen LogP contribution in [0.4, 0.5) is 5.69 Å². The highest BCUT2D eigenvalue weighted by atomic mass is 79.9. The minimum Gasteiger partial charge on any atom is -0.331 e. The fourth-order valence-corrected chi connectivity index (χ4v) is 5.41. The van der Waals surface area contributed by atoms with Crippen molar-refractivity contribution in [3.8, 4) is 10.6 Å². The number of nitrogens with zero attached hydrogens (tertiary/aromatic N) is 1. The molecule has 4 rings (SSSR count). The summed E-state index contributed by atoms with van der Waals surface area (Å²) in [5, 5.41) is 6.89. The van der Waals surface area contributed by atoms with Crippen molar-refractivity contribution in [3.63, 3.8) is 0 Å². The topological polar surface area (TPSA) is 54.0 Å². The summed E-state index contributed by atoms with van der Waals surface area (Å²) in [5.74, 6) is -0.309. The van der Waals surface area contributed by atoms with Crippen molar-refractivity contribution in [1.29, 1.82) is 0 Å². The Morgan fingerprint density at radius 2 is 1.77 bits per heavy atom. The molecule has 8 heteroatoms. The quantitative estimate of drug-likeness (QED) is 0.204. The van der Waals surface area contributed by atoms with Crippen LogP contribution < -0.4 is 10.6 Å². The van der Waals surface area contributed by atoms with Crippen molar-refractivity contribution in [2.45, 2.75) is 0 Å². The fraction of sp³-hybridized carbons (Fsp3) is 0. The molecule has 4 aromatic rings. The van der Waals surface area contributed by atoms with Gasteiger partial charge in [-0.2, -0.15) is 0 Å². The lowest BCUT2D eigenvalue weighted by molar-refractivity contribution is -0.115. The molecule has 1 aromatic heterocycles. The first kappa shape index (κ1) is 21.8. The highest BCUT2D eigenvalue weighted by Crippen LogP contribution is 2.40. The zero-order valence-corrected chi connectivity index (χ0v) is 20.7. The number of thiocarbonyl (C=S) groups is 1. The molecular formula is C23H15Br2N3OS2. The third-order valence-corrected chi connectivity index (χ3v) is 6.64. The Bertz CT molecular complexity index is 1270. The Hall–Kier alpha value is -2.39. The van der Waals surface area contributed by atoms with Gasteiger partial charge in [-0.1, -0.05) is 58.4 Å². The Balaban J connectivity index is 1.56. The number of anilines is 1. The van der Waals surface area contributed by atoms with E-state index in [4.69, 9.17) is 17.2 Å². The normalized spacial score (nSPS) is 11.0. The summed E-state index contributed by atoms with van der Waals surface area (Å²) in [5.41, 5.74) is 3.48. The number of thiazole rings is 1. The molecule has 0 atom stereocenters. The summed E-state index contributed by atoms with van der Waals surface area (Å²) < 4.78 is 2.80. The maximum atomic E-state index is 12.3. The second kappa shape index (κ2) is 9.82. The first-order valence-electron chi connectivity index (χ1n) is 9.20. The fourth-order valence-electron chi connectivity index (χ4n) is 2.89. The third kappa shape index (κ3) is 5.46. The zero-order valence-electron chi connectivity index (χ0n) is 15.9. The van der Waals surface area contributed by atoms with E-state index in [1.165, 1.54) is 6.08 Å². The molecule has 0 aliphatic rings. The molecule has 3 aromatic carbocycles. The maximum Gasteiger partial charge on any atom is 0.250 e. The van der Waals surface area contributed by atoms with Gasteiger partial charge in [0.2, 0.25) is 5.91 Å². The number of hydrogen-bond acceptors (Lipinski definition) is 4. The number of para-hydroxylation sites is 1. The second-order valence-electron chi connectivity index (χ2n) is 6.48. The molecule has 31 heavy (non-hydrogen) atoms. The van der Waals surface area contributed by atoms with Crippen LogP contribution in [0.3, 0.4) is 0 Å². The molecule has 1 amide bonds.